The third-order valence-electron chi connectivity index (χ3n) is 5.88. The highest BCUT2D eigenvalue weighted by molar-refractivity contribution is 5.84. The molecule has 4 rings (SSSR count). The summed E-state index contributed by atoms with van der Waals surface area (Å²) in [6.07, 6.45) is 1.85. The van der Waals surface area contributed by atoms with E-state index >= 15 is 0 Å². The van der Waals surface area contributed by atoms with Gasteiger partial charge in [-0.15, -0.1) is 0 Å². The molecule has 0 aliphatic rings. The third kappa shape index (κ3) is 3.22. The first kappa shape index (κ1) is 20.8. The summed E-state index contributed by atoms with van der Waals surface area (Å²) >= 11 is 0. The van der Waals surface area contributed by atoms with Crippen LogP contribution >= 0.6 is 0 Å². The molecule has 31 heavy (non-hydrogen) atoms. The number of aryl methyl sites for hydroxylation is 2. The van der Waals surface area contributed by atoms with Crippen molar-refractivity contribution in [2.24, 2.45) is 12.5 Å². The highest BCUT2D eigenvalue weighted by atomic mass is 16.2. The molecule has 0 spiro atoms. The van der Waals surface area contributed by atoms with Crippen LogP contribution in [-0.2, 0) is 18.4 Å². The van der Waals surface area contributed by atoms with E-state index in [4.69, 9.17) is 0 Å². The van der Waals surface area contributed by atoms with Crippen molar-refractivity contribution in [1.29, 1.82) is 0 Å². The zero-order valence-electron chi connectivity index (χ0n) is 18.7. The van der Waals surface area contributed by atoms with Crippen molar-refractivity contribution >= 4 is 22.7 Å². The molecule has 3 aromatic heterocycles. The van der Waals surface area contributed by atoms with Gasteiger partial charge >= 0.3 is 5.69 Å². The summed E-state index contributed by atoms with van der Waals surface area (Å²) in [5.41, 5.74) is 0.934. The molecule has 0 radical (unpaired) electrons. The zero-order valence-corrected chi connectivity index (χ0v) is 18.7. The molecule has 0 N–H and O–H groups in total. The molecule has 1 atom stereocenters. The van der Waals surface area contributed by atoms with Gasteiger partial charge in [-0.3, -0.25) is 23.1 Å². The van der Waals surface area contributed by atoms with Crippen LogP contribution in [0.5, 0.6) is 0 Å². The van der Waals surface area contributed by atoms with E-state index in [1.165, 1.54) is 4.57 Å². The molecule has 0 bridgehead atoms. The summed E-state index contributed by atoms with van der Waals surface area (Å²) in [5.74, 6) is 0.397. The topological polar surface area (TPSA) is 83.3 Å². The molecule has 0 unspecified atom stereocenters. The molecule has 0 saturated heterocycles. The van der Waals surface area contributed by atoms with E-state index in [0.29, 0.717) is 16.9 Å². The van der Waals surface area contributed by atoms with Crippen molar-refractivity contribution in [1.82, 2.24) is 23.1 Å². The molecule has 8 nitrogen and oxygen atoms in total. The van der Waals surface area contributed by atoms with Crippen LogP contribution in [0.1, 0.15) is 45.0 Å². The standard InChI is InChI=1S/C23H27N5O3/c1-14-12-26-18-19(24-21(26)28(14)15(2)16-10-8-7-9-11-16)25(6)22(31)27(20(18)30)13-17(29)23(3,4)5/h7-12,15H,13H2,1-6H3/t15-/m1/s1. The fourth-order valence-corrected chi connectivity index (χ4v) is 3.91. The molecule has 0 aliphatic heterocycles. The fourth-order valence-electron chi connectivity index (χ4n) is 3.91. The normalized spacial score (nSPS) is 13.2. The first-order chi connectivity index (χ1) is 14.5. The SMILES string of the molecule is Cc1cn2c3c(=O)n(CC(=O)C(C)(C)C)c(=O)n(C)c3nc2n1[C@H](C)c1ccccc1. The predicted octanol–water partition coefficient (Wildman–Crippen LogP) is 2.68. The van der Waals surface area contributed by atoms with Crippen molar-refractivity contribution in [2.45, 2.75) is 47.2 Å². The van der Waals surface area contributed by atoms with Gasteiger partial charge in [-0.25, -0.2) is 4.79 Å². The van der Waals surface area contributed by atoms with E-state index in [-0.39, 0.29) is 18.4 Å². The molecule has 4 aromatic rings. The minimum atomic E-state index is -0.656. The van der Waals surface area contributed by atoms with Gasteiger partial charge in [0.25, 0.3) is 5.56 Å². The van der Waals surface area contributed by atoms with Crippen LogP contribution in [0.4, 0.5) is 0 Å². The van der Waals surface area contributed by atoms with Gasteiger partial charge in [0.2, 0.25) is 5.78 Å². The van der Waals surface area contributed by atoms with Gasteiger partial charge in [0.05, 0.1) is 12.6 Å². The maximum absolute atomic E-state index is 13.3. The molecule has 1 aromatic carbocycles. The first-order valence-electron chi connectivity index (χ1n) is 10.3. The Bertz CT molecular complexity index is 1430. The number of rotatable bonds is 4. The highest BCUT2D eigenvalue weighted by Gasteiger charge is 2.26. The van der Waals surface area contributed by atoms with Crippen LogP contribution in [0.15, 0.2) is 46.1 Å². The van der Waals surface area contributed by atoms with E-state index in [1.54, 1.807) is 32.2 Å². The number of Topliss-reactive ketones (excluding diaryl/α,β-unsaturated/α-hetero) is 1. The number of ketones is 1. The Balaban J connectivity index is 1.98. The second-order valence-corrected chi connectivity index (χ2v) is 9.09. The van der Waals surface area contributed by atoms with Crippen LogP contribution in [-0.4, -0.2) is 28.9 Å². The number of imidazole rings is 2. The Morgan fingerprint density at radius 2 is 1.77 bits per heavy atom. The largest absolute Gasteiger partial charge is 0.332 e. The Kier molecular flexibility index (Phi) is 4.76. The van der Waals surface area contributed by atoms with Gasteiger partial charge in [-0.2, -0.15) is 4.98 Å². The number of hydrogen-bond donors (Lipinski definition) is 0. The van der Waals surface area contributed by atoms with Gasteiger partial charge in [-0.1, -0.05) is 51.1 Å². The number of nitrogens with zero attached hydrogens (tertiary/aromatic N) is 5. The quantitative estimate of drug-likeness (QED) is 0.507. The first-order valence-corrected chi connectivity index (χ1v) is 10.3. The third-order valence-corrected chi connectivity index (χ3v) is 5.88. The molecule has 8 heteroatoms. The van der Waals surface area contributed by atoms with Gasteiger partial charge in [0, 0.05) is 24.4 Å². The fraction of sp³-hybridized carbons (Fsp3) is 0.391. The number of carbonyl (C=O) groups is 1. The van der Waals surface area contributed by atoms with Gasteiger partial charge in [0.1, 0.15) is 0 Å². The Morgan fingerprint density at radius 3 is 2.39 bits per heavy atom. The molecule has 3 heterocycles. The van der Waals surface area contributed by atoms with Crippen molar-refractivity contribution in [3.63, 3.8) is 0 Å². The summed E-state index contributed by atoms with van der Waals surface area (Å²) in [5, 5.41) is 0. The van der Waals surface area contributed by atoms with Crippen molar-refractivity contribution in [3.8, 4) is 0 Å². The predicted molar refractivity (Wildman–Crippen MR) is 120 cm³/mol. The van der Waals surface area contributed by atoms with E-state index < -0.39 is 16.7 Å². The Hall–Kier alpha value is -3.42. The van der Waals surface area contributed by atoms with Crippen LogP contribution in [0.3, 0.4) is 0 Å². The summed E-state index contributed by atoms with van der Waals surface area (Å²) in [6.45, 7) is 9.08. The van der Waals surface area contributed by atoms with Crippen LogP contribution in [0.2, 0.25) is 0 Å². The molecule has 0 aliphatic carbocycles. The number of aromatic nitrogens is 5. The molecule has 0 saturated carbocycles. The van der Waals surface area contributed by atoms with Crippen LogP contribution in [0, 0.1) is 12.3 Å². The lowest BCUT2D eigenvalue weighted by molar-refractivity contribution is -0.127. The summed E-state index contributed by atoms with van der Waals surface area (Å²) in [7, 11) is 1.58. The smallest absolute Gasteiger partial charge is 0.307 e. The summed E-state index contributed by atoms with van der Waals surface area (Å²) in [4.78, 5) is 43.4. The monoisotopic (exact) mass is 421 g/mol. The van der Waals surface area contributed by atoms with Gasteiger partial charge < -0.3 is 4.57 Å². The second kappa shape index (κ2) is 7.08. The van der Waals surface area contributed by atoms with Gasteiger partial charge in [-0.05, 0) is 19.4 Å². The molecular formula is C23H27N5O3. The van der Waals surface area contributed by atoms with Crippen molar-refractivity contribution in [3.05, 3.63) is 68.6 Å². The zero-order chi connectivity index (χ0) is 22.7. The average molecular weight is 422 g/mol. The minimum Gasteiger partial charge on any atom is -0.307 e. The Morgan fingerprint density at radius 1 is 1.13 bits per heavy atom. The van der Waals surface area contributed by atoms with Crippen LogP contribution in [0.25, 0.3) is 16.9 Å². The van der Waals surface area contributed by atoms with Gasteiger partial charge in [0.15, 0.2) is 16.9 Å². The number of carbonyl (C=O) groups excluding carboxylic acids is 1. The molecule has 0 fully saturated rings. The lowest BCUT2D eigenvalue weighted by Crippen LogP contribution is -2.42. The molecular weight excluding hydrogens is 394 g/mol. The molecule has 0 amide bonds. The average Bonchev–Trinajstić information content (AvgIpc) is 3.23. The number of benzene rings is 1. The number of fused-ring (bicyclic) bond motifs is 3. The van der Waals surface area contributed by atoms with Crippen molar-refractivity contribution in [2.75, 3.05) is 0 Å². The van der Waals surface area contributed by atoms with Crippen molar-refractivity contribution < 1.29 is 4.79 Å². The molecule has 162 valence electrons. The van der Waals surface area contributed by atoms with Crippen LogP contribution < -0.4 is 11.2 Å². The highest BCUT2D eigenvalue weighted by Crippen LogP contribution is 2.25. The van der Waals surface area contributed by atoms with E-state index in [2.05, 4.69) is 11.9 Å². The van der Waals surface area contributed by atoms with E-state index in [0.717, 1.165) is 15.8 Å². The lowest BCUT2D eigenvalue weighted by atomic mass is 9.91. The Labute approximate surface area is 179 Å². The summed E-state index contributed by atoms with van der Waals surface area (Å²) in [6, 6.07) is 10.0. The van der Waals surface area contributed by atoms with E-state index in [1.807, 2.05) is 48.0 Å². The maximum atomic E-state index is 13.3. The number of hydrogen-bond acceptors (Lipinski definition) is 4. The maximum Gasteiger partial charge on any atom is 0.332 e. The summed E-state index contributed by atoms with van der Waals surface area (Å²) < 4.78 is 6.12. The van der Waals surface area contributed by atoms with E-state index in [9.17, 15) is 14.4 Å². The lowest BCUT2D eigenvalue weighted by Gasteiger charge is -2.17. The minimum absolute atomic E-state index is 0.0164. The second-order valence-electron chi connectivity index (χ2n) is 9.09.